The Labute approximate surface area is 145 Å². The fourth-order valence-electron chi connectivity index (χ4n) is 2.94. The standard InChI is InChI=1S/C23H25N/c1-20-12-14-23(15-13-20)24(18-16-21-8-4-2-5-9-21)19-17-22-10-6-3-7-11-22/h2-15H,16-19H2,1H3. The van der Waals surface area contributed by atoms with E-state index in [-0.39, 0.29) is 0 Å². The minimum absolute atomic E-state index is 1.04. The molecule has 3 rings (SSSR count). The molecular formula is C23H25N. The fraction of sp³-hybridized carbons (Fsp3) is 0.217. The third-order valence-corrected chi connectivity index (χ3v) is 4.43. The van der Waals surface area contributed by atoms with Gasteiger partial charge in [0.2, 0.25) is 0 Å². The number of hydrogen-bond acceptors (Lipinski definition) is 1. The van der Waals surface area contributed by atoms with Crippen molar-refractivity contribution in [2.45, 2.75) is 19.8 Å². The Morgan fingerprint density at radius 3 is 1.50 bits per heavy atom. The van der Waals surface area contributed by atoms with Crippen LogP contribution >= 0.6 is 0 Å². The smallest absolute Gasteiger partial charge is 0.0366 e. The SMILES string of the molecule is Cc1ccc(N(CCc2ccccc2)CCc2ccccc2)cc1. The molecule has 3 aromatic carbocycles. The molecule has 0 unspecified atom stereocenters. The largest absolute Gasteiger partial charge is 0.371 e. The lowest BCUT2D eigenvalue weighted by Crippen LogP contribution is -2.28. The summed E-state index contributed by atoms with van der Waals surface area (Å²) in [6.07, 6.45) is 2.15. The van der Waals surface area contributed by atoms with E-state index in [1.165, 1.54) is 22.4 Å². The van der Waals surface area contributed by atoms with Crippen molar-refractivity contribution in [2.75, 3.05) is 18.0 Å². The van der Waals surface area contributed by atoms with Crippen molar-refractivity contribution in [2.24, 2.45) is 0 Å². The van der Waals surface area contributed by atoms with Crippen molar-refractivity contribution in [3.63, 3.8) is 0 Å². The third-order valence-electron chi connectivity index (χ3n) is 4.43. The average Bonchev–Trinajstić information content (AvgIpc) is 2.64. The molecule has 3 aromatic rings. The van der Waals surface area contributed by atoms with Gasteiger partial charge in [-0.25, -0.2) is 0 Å². The number of anilines is 1. The van der Waals surface area contributed by atoms with E-state index in [9.17, 15) is 0 Å². The average molecular weight is 315 g/mol. The molecule has 1 heteroatoms. The van der Waals surface area contributed by atoms with E-state index in [2.05, 4.69) is 96.8 Å². The molecule has 0 heterocycles. The maximum absolute atomic E-state index is 2.50. The molecular weight excluding hydrogens is 290 g/mol. The molecule has 0 N–H and O–H groups in total. The molecule has 0 atom stereocenters. The van der Waals surface area contributed by atoms with Crippen LogP contribution in [0.15, 0.2) is 84.9 Å². The van der Waals surface area contributed by atoms with Crippen LogP contribution in [0.4, 0.5) is 5.69 Å². The highest BCUT2D eigenvalue weighted by molar-refractivity contribution is 5.48. The van der Waals surface area contributed by atoms with Crippen molar-refractivity contribution >= 4 is 5.69 Å². The van der Waals surface area contributed by atoms with Crippen molar-refractivity contribution in [3.8, 4) is 0 Å². The molecule has 0 amide bonds. The summed E-state index contributed by atoms with van der Waals surface area (Å²) in [4.78, 5) is 2.50. The van der Waals surface area contributed by atoms with Crippen LogP contribution in [0.3, 0.4) is 0 Å². The first-order valence-corrected chi connectivity index (χ1v) is 8.71. The molecule has 0 aliphatic carbocycles. The first-order chi connectivity index (χ1) is 11.8. The van der Waals surface area contributed by atoms with Crippen molar-refractivity contribution in [3.05, 3.63) is 102 Å². The normalized spacial score (nSPS) is 10.5. The number of benzene rings is 3. The Hall–Kier alpha value is -2.54. The van der Waals surface area contributed by atoms with Crippen LogP contribution in [0.1, 0.15) is 16.7 Å². The van der Waals surface area contributed by atoms with Gasteiger partial charge in [0.05, 0.1) is 0 Å². The van der Waals surface area contributed by atoms with Gasteiger partial charge < -0.3 is 4.90 Å². The first-order valence-electron chi connectivity index (χ1n) is 8.71. The summed E-state index contributed by atoms with van der Waals surface area (Å²) in [7, 11) is 0. The van der Waals surface area contributed by atoms with Crippen LogP contribution in [0.2, 0.25) is 0 Å². The van der Waals surface area contributed by atoms with Crippen LogP contribution in [0.5, 0.6) is 0 Å². The molecule has 0 saturated heterocycles. The quantitative estimate of drug-likeness (QED) is 0.573. The molecule has 0 aliphatic heterocycles. The lowest BCUT2D eigenvalue weighted by atomic mass is 10.1. The minimum atomic E-state index is 1.04. The number of aryl methyl sites for hydroxylation is 1. The van der Waals surface area contributed by atoms with Crippen molar-refractivity contribution in [1.82, 2.24) is 0 Å². The predicted octanol–water partition coefficient (Wildman–Crippen LogP) is 5.29. The van der Waals surface area contributed by atoms with Gasteiger partial charge in [0.25, 0.3) is 0 Å². The molecule has 0 saturated carbocycles. The van der Waals surface area contributed by atoms with Crippen LogP contribution in [0, 0.1) is 6.92 Å². The Morgan fingerprint density at radius 1 is 0.583 bits per heavy atom. The molecule has 0 radical (unpaired) electrons. The fourth-order valence-corrected chi connectivity index (χ4v) is 2.94. The zero-order chi connectivity index (χ0) is 16.6. The monoisotopic (exact) mass is 315 g/mol. The summed E-state index contributed by atoms with van der Waals surface area (Å²) in [5.41, 5.74) is 5.42. The van der Waals surface area contributed by atoms with Crippen LogP contribution in [-0.4, -0.2) is 13.1 Å². The summed E-state index contributed by atoms with van der Waals surface area (Å²) in [6.45, 7) is 4.22. The molecule has 0 aromatic heterocycles. The zero-order valence-corrected chi connectivity index (χ0v) is 14.4. The maximum atomic E-state index is 2.50. The summed E-state index contributed by atoms with van der Waals surface area (Å²) in [6, 6.07) is 30.4. The summed E-state index contributed by atoms with van der Waals surface area (Å²) in [5.74, 6) is 0. The van der Waals surface area contributed by atoms with Gasteiger partial charge >= 0.3 is 0 Å². The van der Waals surface area contributed by atoms with E-state index < -0.39 is 0 Å². The van der Waals surface area contributed by atoms with E-state index in [1.807, 2.05) is 0 Å². The summed E-state index contributed by atoms with van der Waals surface area (Å²) < 4.78 is 0. The molecule has 0 fully saturated rings. The Bertz CT molecular complexity index is 674. The number of hydrogen-bond donors (Lipinski definition) is 0. The topological polar surface area (TPSA) is 3.24 Å². The molecule has 0 spiro atoms. The summed E-state index contributed by atoms with van der Waals surface area (Å²) >= 11 is 0. The van der Waals surface area contributed by atoms with Crippen molar-refractivity contribution in [1.29, 1.82) is 0 Å². The van der Waals surface area contributed by atoms with Gasteiger partial charge in [0.15, 0.2) is 0 Å². The van der Waals surface area contributed by atoms with Crippen LogP contribution in [0.25, 0.3) is 0 Å². The van der Waals surface area contributed by atoms with Crippen LogP contribution < -0.4 is 4.90 Å². The van der Waals surface area contributed by atoms with Gasteiger partial charge in [-0.3, -0.25) is 0 Å². The minimum Gasteiger partial charge on any atom is -0.371 e. The number of nitrogens with zero attached hydrogens (tertiary/aromatic N) is 1. The first kappa shape index (κ1) is 16.3. The molecule has 0 bridgehead atoms. The highest BCUT2D eigenvalue weighted by atomic mass is 15.1. The van der Waals surface area contributed by atoms with E-state index in [4.69, 9.17) is 0 Å². The molecule has 0 aliphatic rings. The maximum Gasteiger partial charge on any atom is 0.0366 e. The van der Waals surface area contributed by atoms with Gasteiger partial charge in [-0.15, -0.1) is 0 Å². The van der Waals surface area contributed by atoms with Gasteiger partial charge in [0.1, 0.15) is 0 Å². The Kier molecular flexibility index (Phi) is 5.68. The van der Waals surface area contributed by atoms with E-state index >= 15 is 0 Å². The predicted molar refractivity (Wildman–Crippen MR) is 104 cm³/mol. The van der Waals surface area contributed by atoms with Crippen LogP contribution in [-0.2, 0) is 12.8 Å². The molecule has 24 heavy (non-hydrogen) atoms. The van der Waals surface area contributed by atoms with E-state index in [0.717, 1.165) is 25.9 Å². The van der Waals surface area contributed by atoms with Gasteiger partial charge in [0, 0.05) is 18.8 Å². The van der Waals surface area contributed by atoms with Crippen molar-refractivity contribution < 1.29 is 0 Å². The second-order valence-corrected chi connectivity index (χ2v) is 6.29. The summed E-state index contributed by atoms with van der Waals surface area (Å²) in [5, 5.41) is 0. The van der Waals surface area contributed by atoms with E-state index in [1.54, 1.807) is 0 Å². The number of rotatable bonds is 7. The lowest BCUT2D eigenvalue weighted by molar-refractivity contribution is 0.769. The highest BCUT2D eigenvalue weighted by Gasteiger charge is 2.07. The zero-order valence-electron chi connectivity index (χ0n) is 14.4. The highest BCUT2D eigenvalue weighted by Crippen LogP contribution is 2.17. The third kappa shape index (κ3) is 4.73. The van der Waals surface area contributed by atoms with Gasteiger partial charge in [-0.05, 0) is 43.0 Å². The molecule has 1 nitrogen and oxygen atoms in total. The lowest BCUT2D eigenvalue weighted by Gasteiger charge is -2.25. The second-order valence-electron chi connectivity index (χ2n) is 6.29. The van der Waals surface area contributed by atoms with E-state index in [0.29, 0.717) is 0 Å². The molecule has 122 valence electrons. The van der Waals surface area contributed by atoms with Gasteiger partial charge in [-0.2, -0.15) is 0 Å². The Balaban J connectivity index is 1.69. The van der Waals surface area contributed by atoms with Gasteiger partial charge in [-0.1, -0.05) is 78.4 Å². The Morgan fingerprint density at radius 2 is 1.04 bits per heavy atom. The second kappa shape index (κ2) is 8.35.